The van der Waals surface area contributed by atoms with Gasteiger partial charge in [0.25, 0.3) is 5.91 Å². The molecule has 1 aliphatic heterocycles. The second kappa shape index (κ2) is 8.79. The summed E-state index contributed by atoms with van der Waals surface area (Å²) in [7, 11) is 2.91. The summed E-state index contributed by atoms with van der Waals surface area (Å²) in [5.74, 6) is 0.991. The van der Waals surface area contributed by atoms with Gasteiger partial charge in [0, 0.05) is 11.6 Å². The number of rotatable bonds is 5. The number of hydrogen-bond acceptors (Lipinski definition) is 7. The number of hydrogen-bond donors (Lipinski definition) is 0. The van der Waals surface area contributed by atoms with Gasteiger partial charge in [-0.25, -0.2) is 4.79 Å². The number of ether oxygens (including phenoxy) is 2. The second-order valence-electron chi connectivity index (χ2n) is 6.45. The van der Waals surface area contributed by atoms with Crippen LogP contribution >= 0.6 is 24.0 Å². The minimum absolute atomic E-state index is 0.229. The molecule has 2 heterocycles. The van der Waals surface area contributed by atoms with E-state index in [0.717, 1.165) is 0 Å². The second-order valence-corrected chi connectivity index (χ2v) is 8.13. The molecule has 0 N–H and O–H groups in total. The quantitative estimate of drug-likeness (QED) is 0.302. The van der Waals surface area contributed by atoms with Crippen LogP contribution in [0.1, 0.15) is 16.1 Å². The van der Waals surface area contributed by atoms with Gasteiger partial charge in [0.1, 0.15) is 17.3 Å². The summed E-state index contributed by atoms with van der Waals surface area (Å²) in [5.41, 5.74) is 1.68. The van der Waals surface area contributed by atoms with Gasteiger partial charge in [-0.15, -0.1) is 0 Å². The molecular weight excluding hydrogens is 434 g/mol. The van der Waals surface area contributed by atoms with Crippen LogP contribution in [0.25, 0.3) is 17.4 Å². The summed E-state index contributed by atoms with van der Waals surface area (Å²) >= 11 is 6.61. The molecule has 0 atom stereocenters. The van der Waals surface area contributed by atoms with Gasteiger partial charge in [-0.3, -0.25) is 9.69 Å². The Hall–Kier alpha value is -3.36. The Balaban J connectivity index is 1.61. The average molecular weight is 452 g/mol. The van der Waals surface area contributed by atoms with Crippen LogP contribution in [-0.4, -0.2) is 30.4 Å². The number of thiocarbonyl (C=S) groups is 1. The number of carbonyl (C=O) groups is 2. The van der Waals surface area contributed by atoms with Crippen LogP contribution < -0.4 is 9.64 Å². The molecule has 3 aromatic rings. The zero-order chi connectivity index (χ0) is 22.0. The Morgan fingerprint density at radius 1 is 1.06 bits per heavy atom. The molecular formula is C23H17NO5S2. The van der Waals surface area contributed by atoms with Gasteiger partial charge in [0.05, 0.1) is 30.4 Å². The van der Waals surface area contributed by atoms with Crippen molar-refractivity contribution in [2.45, 2.75) is 0 Å². The fraction of sp³-hybridized carbons (Fsp3) is 0.0870. The normalized spacial score (nSPS) is 14.9. The topological polar surface area (TPSA) is 69.0 Å². The Morgan fingerprint density at radius 2 is 1.81 bits per heavy atom. The summed E-state index contributed by atoms with van der Waals surface area (Å²) in [4.78, 5) is 26.9. The third kappa shape index (κ3) is 4.12. The highest BCUT2D eigenvalue weighted by Crippen LogP contribution is 2.37. The van der Waals surface area contributed by atoms with Gasteiger partial charge in [-0.05, 0) is 42.5 Å². The standard InChI is InChI=1S/C23H17NO5S2/c1-27-15-9-7-14(8-10-15)24-21(25)20(31-23(24)30)13-16-11-12-19(29-16)17-5-3-4-6-18(17)22(26)28-2/h3-13H,1-2H3. The van der Waals surface area contributed by atoms with Crippen molar-refractivity contribution in [1.29, 1.82) is 0 Å². The highest BCUT2D eigenvalue weighted by molar-refractivity contribution is 8.27. The van der Waals surface area contributed by atoms with E-state index in [-0.39, 0.29) is 5.91 Å². The van der Waals surface area contributed by atoms with Gasteiger partial charge >= 0.3 is 5.97 Å². The summed E-state index contributed by atoms with van der Waals surface area (Å²) in [6.07, 6.45) is 1.65. The van der Waals surface area contributed by atoms with Gasteiger partial charge in [0.2, 0.25) is 0 Å². The lowest BCUT2D eigenvalue weighted by molar-refractivity contribution is -0.113. The first-order valence-electron chi connectivity index (χ1n) is 9.21. The highest BCUT2D eigenvalue weighted by Gasteiger charge is 2.33. The molecule has 0 saturated carbocycles. The lowest BCUT2D eigenvalue weighted by Crippen LogP contribution is -2.27. The molecule has 0 spiro atoms. The van der Waals surface area contributed by atoms with Crippen molar-refractivity contribution < 1.29 is 23.5 Å². The third-order valence-corrected chi connectivity index (χ3v) is 5.92. The Labute approximate surface area is 188 Å². The lowest BCUT2D eigenvalue weighted by Gasteiger charge is -2.14. The van der Waals surface area contributed by atoms with E-state index in [1.54, 1.807) is 67.8 Å². The molecule has 4 rings (SSSR count). The zero-order valence-electron chi connectivity index (χ0n) is 16.7. The minimum atomic E-state index is -0.450. The molecule has 2 aromatic carbocycles. The van der Waals surface area contributed by atoms with Crippen LogP contribution in [0, 0.1) is 0 Å². The molecule has 0 unspecified atom stereocenters. The summed E-state index contributed by atoms with van der Waals surface area (Å²) in [6, 6.07) is 17.6. The summed E-state index contributed by atoms with van der Waals surface area (Å²) < 4.78 is 16.3. The summed E-state index contributed by atoms with van der Waals surface area (Å²) in [5, 5.41) is 0. The van der Waals surface area contributed by atoms with Crippen LogP contribution in [-0.2, 0) is 9.53 Å². The number of anilines is 1. The van der Waals surface area contributed by atoms with Crippen molar-refractivity contribution in [2.75, 3.05) is 19.1 Å². The zero-order valence-corrected chi connectivity index (χ0v) is 18.3. The van der Waals surface area contributed by atoms with E-state index in [1.807, 2.05) is 6.07 Å². The minimum Gasteiger partial charge on any atom is -0.497 e. The lowest BCUT2D eigenvalue weighted by atomic mass is 10.1. The van der Waals surface area contributed by atoms with E-state index < -0.39 is 5.97 Å². The molecule has 1 aliphatic rings. The maximum atomic E-state index is 12.9. The van der Waals surface area contributed by atoms with Crippen LogP contribution in [0.4, 0.5) is 5.69 Å². The van der Waals surface area contributed by atoms with Crippen molar-refractivity contribution in [3.05, 3.63) is 76.9 Å². The number of nitrogens with zero attached hydrogens (tertiary/aromatic N) is 1. The van der Waals surface area contributed by atoms with Crippen molar-refractivity contribution >= 4 is 51.9 Å². The molecule has 1 fully saturated rings. The molecule has 0 radical (unpaired) electrons. The van der Waals surface area contributed by atoms with Crippen molar-refractivity contribution in [1.82, 2.24) is 0 Å². The molecule has 8 heteroatoms. The van der Waals surface area contributed by atoms with Gasteiger partial charge in [0.15, 0.2) is 4.32 Å². The van der Waals surface area contributed by atoms with Crippen molar-refractivity contribution in [2.24, 2.45) is 0 Å². The molecule has 6 nitrogen and oxygen atoms in total. The van der Waals surface area contributed by atoms with Gasteiger partial charge in [-0.2, -0.15) is 0 Å². The number of benzene rings is 2. The molecule has 1 amide bonds. The molecule has 0 bridgehead atoms. The number of thioether (sulfide) groups is 1. The van der Waals surface area contributed by atoms with Crippen LogP contribution in [0.5, 0.6) is 5.75 Å². The Morgan fingerprint density at radius 3 is 2.52 bits per heavy atom. The molecule has 0 aliphatic carbocycles. The predicted octanol–water partition coefficient (Wildman–Crippen LogP) is 5.15. The monoisotopic (exact) mass is 451 g/mol. The maximum absolute atomic E-state index is 12.9. The van der Waals surface area contributed by atoms with E-state index in [0.29, 0.717) is 43.3 Å². The number of amides is 1. The fourth-order valence-corrected chi connectivity index (χ4v) is 4.39. The predicted molar refractivity (Wildman–Crippen MR) is 124 cm³/mol. The van der Waals surface area contributed by atoms with Gasteiger partial charge in [-0.1, -0.05) is 42.2 Å². The SMILES string of the molecule is COC(=O)c1ccccc1-c1ccc(C=C2SC(=S)N(c3ccc(OC)cc3)C2=O)o1. The average Bonchev–Trinajstić information content (AvgIpc) is 3.37. The third-order valence-electron chi connectivity index (χ3n) is 4.62. The fourth-order valence-electron chi connectivity index (χ4n) is 3.11. The van der Waals surface area contributed by atoms with Crippen molar-refractivity contribution in [3.63, 3.8) is 0 Å². The number of methoxy groups -OCH3 is 2. The number of carbonyl (C=O) groups excluding carboxylic acids is 2. The van der Waals surface area contributed by atoms with Crippen LogP contribution in [0.15, 0.2) is 70.0 Å². The Bertz CT molecular complexity index is 1200. The molecule has 1 aromatic heterocycles. The number of furan rings is 1. The van der Waals surface area contributed by atoms with E-state index in [4.69, 9.17) is 26.1 Å². The van der Waals surface area contributed by atoms with Crippen molar-refractivity contribution in [3.8, 4) is 17.1 Å². The first-order valence-corrected chi connectivity index (χ1v) is 10.4. The van der Waals surface area contributed by atoms with E-state index in [9.17, 15) is 9.59 Å². The Kier molecular flexibility index (Phi) is 5.92. The van der Waals surface area contributed by atoms with E-state index in [2.05, 4.69) is 0 Å². The first-order chi connectivity index (χ1) is 15.0. The smallest absolute Gasteiger partial charge is 0.338 e. The highest BCUT2D eigenvalue weighted by atomic mass is 32.2. The van der Waals surface area contributed by atoms with Gasteiger partial charge < -0.3 is 13.9 Å². The van der Waals surface area contributed by atoms with Crippen LogP contribution in [0.2, 0.25) is 0 Å². The first kappa shape index (κ1) is 20.9. The van der Waals surface area contributed by atoms with E-state index >= 15 is 0 Å². The molecule has 1 saturated heterocycles. The molecule has 156 valence electrons. The maximum Gasteiger partial charge on any atom is 0.338 e. The van der Waals surface area contributed by atoms with E-state index in [1.165, 1.54) is 23.8 Å². The van der Waals surface area contributed by atoms with Crippen LogP contribution in [0.3, 0.4) is 0 Å². The largest absolute Gasteiger partial charge is 0.497 e. The molecule has 31 heavy (non-hydrogen) atoms. The summed E-state index contributed by atoms with van der Waals surface area (Å²) in [6.45, 7) is 0. The number of esters is 1.